The predicted molar refractivity (Wildman–Crippen MR) is 90.3 cm³/mol. The van der Waals surface area contributed by atoms with Crippen LogP contribution in [0.5, 0.6) is 5.75 Å². The van der Waals surface area contributed by atoms with Gasteiger partial charge in [0.05, 0.1) is 17.9 Å². The maximum Gasteiger partial charge on any atom is 0.336 e. The summed E-state index contributed by atoms with van der Waals surface area (Å²) in [5.74, 6) is -1.14. The molecule has 2 aromatic carbocycles. The SMILES string of the molecule is CCOc1ccc(-c2cc(C(=O)O)c3cc(Cl)cc(F)c3n2)cc1. The summed E-state index contributed by atoms with van der Waals surface area (Å²) in [5, 5.41) is 9.73. The van der Waals surface area contributed by atoms with E-state index in [1.807, 2.05) is 6.92 Å². The molecule has 0 aliphatic rings. The average Bonchev–Trinajstić information content (AvgIpc) is 2.55. The largest absolute Gasteiger partial charge is 0.494 e. The minimum absolute atomic E-state index is 0.0248. The van der Waals surface area contributed by atoms with Crippen LogP contribution in [0.15, 0.2) is 42.5 Å². The van der Waals surface area contributed by atoms with E-state index in [-0.39, 0.29) is 21.5 Å². The molecule has 3 rings (SSSR count). The Morgan fingerprint density at radius 3 is 2.58 bits per heavy atom. The Morgan fingerprint density at radius 1 is 1.25 bits per heavy atom. The summed E-state index contributed by atoms with van der Waals surface area (Å²) < 4.78 is 19.6. The Balaban J connectivity index is 2.20. The van der Waals surface area contributed by atoms with Crippen LogP contribution in [0.25, 0.3) is 22.2 Å². The second-order valence-corrected chi connectivity index (χ2v) is 5.54. The van der Waals surface area contributed by atoms with Gasteiger partial charge < -0.3 is 9.84 Å². The summed E-state index contributed by atoms with van der Waals surface area (Å²) in [6, 6.07) is 10.9. The first-order chi connectivity index (χ1) is 11.5. The topological polar surface area (TPSA) is 59.4 Å². The van der Waals surface area contributed by atoms with Gasteiger partial charge in [-0.25, -0.2) is 14.2 Å². The van der Waals surface area contributed by atoms with Gasteiger partial charge in [-0.15, -0.1) is 0 Å². The molecule has 0 unspecified atom stereocenters. The Morgan fingerprint density at radius 2 is 1.96 bits per heavy atom. The summed E-state index contributed by atoms with van der Waals surface area (Å²) in [7, 11) is 0. The number of pyridine rings is 1. The van der Waals surface area contributed by atoms with E-state index in [2.05, 4.69) is 4.98 Å². The van der Waals surface area contributed by atoms with Crippen LogP contribution in [-0.4, -0.2) is 22.7 Å². The van der Waals surface area contributed by atoms with Crippen LogP contribution in [0, 0.1) is 5.82 Å². The zero-order valence-corrected chi connectivity index (χ0v) is 13.5. The van der Waals surface area contributed by atoms with Gasteiger partial charge in [-0.2, -0.15) is 0 Å². The molecule has 24 heavy (non-hydrogen) atoms. The lowest BCUT2D eigenvalue weighted by Gasteiger charge is -2.09. The van der Waals surface area contributed by atoms with Crippen LogP contribution in [0.3, 0.4) is 0 Å². The van der Waals surface area contributed by atoms with E-state index < -0.39 is 11.8 Å². The molecule has 122 valence electrons. The van der Waals surface area contributed by atoms with Gasteiger partial charge in [0.15, 0.2) is 5.82 Å². The number of hydrogen-bond acceptors (Lipinski definition) is 3. The zero-order valence-electron chi connectivity index (χ0n) is 12.7. The molecule has 0 aliphatic heterocycles. The van der Waals surface area contributed by atoms with Gasteiger partial charge in [-0.1, -0.05) is 11.6 Å². The second kappa shape index (κ2) is 6.45. The molecule has 1 N–H and O–H groups in total. The van der Waals surface area contributed by atoms with E-state index in [0.29, 0.717) is 23.6 Å². The molecule has 0 saturated carbocycles. The number of hydrogen-bond donors (Lipinski definition) is 1. The van der Waals surface area contributed by atoms with Crippen LogP contribution < -0.4 is 4.74 Å². The van der Waals surface area contributed by atoms with Crippen molar-refractivity contribution in [2.45, 2.75) is 6.92 Å². The second-order valence-electron chi connectivity index (χ2n) is 5.10. The first-order valence-electron chi connectivity index (χ1n) is 7.26. The van der Waals surface area contributed by atoms with Crippen molar-refractivity contribution in [3.63, 3.8) is 0 Å². The molecule has 1 heterocycles. The molecule has 4 nitrogen and oxygen atoms in total. The van der Waals surface area contributed by atoms with E-state index in [0.717, 1.165) is 6.07 Å². The zero-order chi connectivity index (χ0) is 17.3. The van der Waals surface area contributed by atoms with Gasteiger partial charge in [0.1, 0.15) is 11.3 Å². The average molecular weight is 346 g/mol. The number of carbonyl (C=O) groups is 1. The Labute approximate surface area is 142 Å². The first kappa shape index (κ1) is 16.2. The quantitative estimate of drug-likeness (QED) is 0.738. The lowest BCUT2D eigenvalue weighted by Crippen LogP contribution is -2.01. The molecule has 0 radical (unpaired) electrons. The van der Waals surface area contributed by atoms with Crippen molar-refractivity contribution < 1.29 is 19.0 Å². The van der Waals surface area contributed by atoms with Gasteiger partial charge in [-0.3, -0.25) is 0 Å². The number of aromatic nitrogens is 1. The summed E-state index contributed by atoms with van der Waals surface area (Å²) in [4.78, 5) is 15.8. The van der Waals surface area contributed by atoms with Crippen LogP contribution in [0.2, 0.25) is 5.02 Å². The molecule has 0 fully saturated rings. The van der Waals surface area contributed by atoms with Crippen LogP contribution >= 0.6 is 11.6 Å². The fourth-order valence-electron chi connectivity index (χ4n) is 2.47. The monoisotopic (exact) mass is 345 g/mol. The van der Waals surface area contributed by atoms with Crippen LogP contribution in [-0.2, 0) is 0 Å². The molecule has 0 atom stereocenters. The number of rotatable bonds is 4. The molecular formula is C18H13ClFNO3. The van der Waals surface area contributed by atoms with E-state index in [1.165, 1.54) is 12.1 Å². The van der Waals surface area contributed by atoms with Gasteiger partial charge in [0, 0.05) is 16.0 Å². The third kappa shape index (κ3) is 3.03. The maximum absolute atomic E-state index is 14.2. The number of carboxylic acid groups (broad SMARTS) is 1. The highest BCUT2D eigenvalue weighted by molar-refractivity contribution is 6.31. The highest BCUT2D eigenvalue weighted by Gasteiger charge is 2.16. The van der Waals surface area contributed by atoms with Crippen molar-refractivity contribution in [2.24, 2.45) is 0 Å². The van der Waals surface area contributed by atoms with E-state index in [1.54, 1.807) is 24.3 Å². The molecule has 0 saturated heterocycles. The van der Waals surface area contributed by atoms with Gasteiger partial charge in [0.2, 0.25) is 0 Å². The number of ether oxygens (including phenoxy) is 1. The van der Waals surface area contributed by atoms with Crippen molar-refractivity contribution in [1.82, 2.24) is 4.98 Å². The fourth-order valence-corrected chi connectivity index (χ4v) is 2.67. The van der Waals surface area contributed by atoms with Gasteiger partial charge in [-0.05, 0) is 49.4 Å². The standard InChI is InChI=1S/C18H13ClFNO3/c1-2-24-12-5-3-10(4-6-12)16-9-14(18(22)23)13-7-11(19)8-15(20)17(13)21-16/h3-9H,2H2,1H3,(H,22,23). The summed E-state index contributed by atoms with van der Waals surface area (Å²) in [6.07, 6.45) is 0. The minimum atomic E-state index is -1.17. The Hall–Kier alpha value is -2.66. The van der Waals surface area contributed by atoms with Crippen molar-refractivity contribution in [2.75, 3.05) is 6.61 Å². The lowest BCUT2D eigenvalue weighted by atomic mass is 10.0. The highest BCUT2D eigenvalue weighted by atomic mass is 35.5. The van der Waals surface area contributed by atoms with Crippen LogP contribution in [0.1, 0.15) is 17.3 Å². The highest BCUT2D eigenvalue weighted by Crippen LogP contribution is 2.29. The third-order valence-electron chi connectivity index (χ3n) is 3.52. The number of halogens is 2. The molecular weight excluding hydrogens is 333 g/mol. The first-order valence-corrected chi connectivity index (χ1v) is 7.63. The fraction of sp³-hybridized carbons (Fsp3) is 0.111. The smallest absolute Gasteiger partial charge is 0.336 e. The molecule has 0 spiro atoms. The van der Waals surface area contributed by atoms with Crippen molar-refractivity contribution in [3.8, 4) is 17.0 Å². The van der Waals surface area contributed by atoms with E-state index >= 15 is 0 Å². The van der Waals surface area contributed by atoms with E-state index in [9.17, 15) is 14.3 Å². The van der Waals surface area contributed by atoms with Gasteiger partial charge >= 0.3 is 5.97 Å². The number of benzene rings is 2. The molecule has 6 heteroatoms. The lowest BCUT2D eigenvalue weighted by molar-refractivity contribution is 0.0699. The predicted octanol–water partition coefficient (Wildman–Crippen LogP) is 4.79. The van der Waals surface area contributed by atoms with E-state index in [4.69, 9.17) is 16.3 Å². The Kier molecular flexibility index (Phi) is 4.36. The third-order valence-corrected chi connectivity index (χ3v) is 3.74. The number of nitrogens with zero attached hydrogens (tertiary/aromatic N) is 1. The number of aromatic carboxylic acids is 1. The molecule has 0 amide bonds. The molecule has 3 aromatic rings. The molecule has 0 aliphatic carbocycles. The summed E-state index contributed by atoms with van der Waals surface area (Å²) in [5.41, 5.74) is 0.954. The number of fused-ring (bicyclic) bond motifs is 1. The van der Waals surface area contributed by atoms with Crippen LogP contribution in [0.4, 0.5) is 4.39 Å². The summed E-state index contributed by atoms with van der Waals surface area (Å²) in [6.45, 7) is 2.43. The van der Waals surface area contributed by atoms with Crippen molar-refractivity contribution >= 4 is 28.5 Å². The Bertz CT molecular complexity index is 926. The van der Waals surface area contributed by atoms with Crippen molar-refractivity contribution in [1.29, 1.82) is 0 Å². The normalized spacial score (nSPS) is 10.8. The van der Waals surface area contributed by atoms with Gasteiger partial charge in [0.25, 0.3) is 0 Å². The minimum Gasteiger partial charge on any atom is -0.494 e. The summed E-state index contributed by atoms with van der Waals surface area (Å²) >= 11 is 5.83. The molecule has 0 bridgehead atoms. The number of carboxylic acids is 1. The molecule has 1 aromatic heterocycles. The maximum atomic E-state index is 14.2. The van der Waals surface area contributed by atoms with Crippen molar-refractivity contribution in [3.05, 3.63) is 58.9 Å².